The van der Waals surface area contributed by atoms with E-state index in [1.807, 2.05) is 0 Å². The van der Waals surface area contributed by atoms with Crippen molar-refractivity contribution in [2.45, 2.75) is 25.8 Å². The Bertz CT molecular complexity index is 1060. The van der Waals surface area contributed by atoms with Crippen molar-refractivity contribution in [3.05, 3.63) is 83.9 Å². The van der Waals surface area contributed by atoms with Crippen LogP contribution in [-0.4, -0.2) is 4.57 Å². The summed E-state index contributed by atoms with van der Waals surface area (Å²) in [5.41, 5.74) is 5.18. The summed E-state index contributed by atoms with van der Waals surface area (Å²) >= 11 is 0. The van der Waals surface area contributed by atoms with Crippen molar-refractivity contribution in [1.29, 1.82) is 0 Å². The Balaban J connectivity index is 1.78. The highest BCUT2D eigenvalue weighted by Crippen LogP contribution is 2.31. The highest BCUT2D eigenvalue weighted by Gasteiger charge is 2.12. The van der Waals surface area contributed by atoms with Gasteiger partial charge in [-0.1, -0.05) is 67.4 Å². The second-order valence-corrected chi connectivity index (χ2v) is 6.67. The van der Waals surface area contributed by atoms with E-state index in [1.54, 1.807) is 0 Å². The smallest absolute Gasteiger partial charge is 0.0841 e. The minimum atomic E-state index is 0.498. The van der Waals surface area contributed by atoms with E-state index in [0.717, 1.165) is 6.42 Å². The molecule has 0 aliphatic carbocycles. The number of fused-ring (bicyclic) bond motifs is 3. The normalized spacial score (nSPS) is 12.3. The zero-order valence-electron chi connectivity index (χ0n) is 14.4. The summed E-state index contributed by atoms with van der Waals surface area (Å²) in [4.78, 5) is 0. The Hall–Kier alpha value is -2.98. The zero-order chi connectivity index (χ0) is 17.2. The first-order valence-corrected chi connectivity index (χ1v) is 8.76. The fourth-order valence-corrected chi connectivity index (χ4v) is 3.74. The molecule has 0 spiro atoms. The molecular formula is C24H21N. The highest BCUT2D eigenvalue weighted by atomic mass is 15.0. The molecule has 0 aliphatic heterocycles. The van der Waals surface area contributed by atoms with Crippen LogP contribution < -0.4 is 0 Å². The largest absolute Gasteiger partial charge is 0.329 e. The van der Waals surface area contributed by atoms with E-state index in [2.05, 4.69) is 90.2 Å². The van der Waals surface area contributed by atoms with Gasteiger partial charge < -0.3 is 4.57 Å². The number of terminal acetylenes is 1. The van der Waals surface area contributed by atoms with Crippen molar-refractivity contribution in [1.82, 2.24) is 4.57 Å². The van der Waals surface area contributed by atoms with Crippen LogP contribution in [0.1, 0.15) is 24.0 Å². The summed E-state index contributed by atoms with van der Waals surface area (Å²) < 4.78 is 2.23. The maximum atomic E-state index is 5.59. The molecule has 0 radical (unpaired) electrons. The third-order valence-corrected chi connectivity index (χ3v) is 5.00. The minimum absolute atomic E-state index is 0.498. The Morgan fingerprint density at radius 2 is 1.60 bits per heavy atom. The van der Waals surface area contributed by atoms with E-state index in [0.29, 0.717) is 12.5 Å². The van der Waals surface area contributed by atoms with Crippen molar-refractivity contribution in [2.75, 3.05) is 0 Å². The lowest BCUT2D eigenvalue weighted by Gasteiger charge is -2.12. The molecule has 1 heteroatoms. The van der Waals surface area contributed by atoms with Crippen LogP contribution in [0.25, 0.3) is 21.8 Å². The summed E-state index contributed by atoms with van der Waals surface area (Å²) in [6.07, 6.45) is 6.63. The van der Waals surface area contributed by atoms with Crippen molar-refractivity contribution in [3.8, 4) is 12.3 Å². The zero-order valence-corrected chi connectivity index (χ0v) is 14.4. The molecule has 0 saturated heterocycles. The van der Waals surface area contributed by atoms with Gasteiger partial charge >= 0.3 is 0 Å². The fourth-order valence-electron chi connectivity index (χ4n) is 3.74. The molecular weight excluding hydrogens is 302 g/mol. The Morgan fingerprint density at radius 3 is 2.40 bits per heavy atom. The van der Waals surface area contributed by atoms with Crippen LogP contribution in [0.3, 0.4) is 0 Å². The van der Waals surface area contributed by atoms with Crippen LogP contribution in [0.4, 0.5) is 0 Å². The first-order valence-electron chi connectivity index (χ1n) is 8.76. The van der Waals surface area contributed by atoms with Gasteiger partial charge in [0.2, 0.25) is 0 Å². The first-order chi connectivity index (χ1) is 12.3. The first kappa shape index (κ1) is 15.5. The van der Waals surface area contributed by atoms with Gasteiger partial charge in [0.1, 0.15) is 0 Å². The quantitative estimate of drug-likeness (QED) is 0.420. The molecule has 25 heavy (non-hydrogen) atoms. The van der Waals surface area contributed by atoms with Gasteiger partial charge in [0.05, 0.1) is 6.54 Å². The van der Waals surface area contributed by atoms with Crippen LogP contribution in [0.5, 0.6) is 0 Å². The van der Waals surface area contributed by atoms with E-state index in [-0.39, 0.29) is 0 Å². The van der Waals surface area contributed by atoms with E-state index in [9.17, 15) is 0 Å². The molecule has 1 aromatic heterocycles. The second-order valence-electron chi connectivity index (χ2n) is 6.67. The lowest BCUT2D eigenvalue weighted by atomic mass is 9.93. The van der Waals surface area contributed by atoms with Crippen LogP contribution in [0.15, 0.2) is 72.8 Å². The van der Waals surface area contributed by atoms with E-state index in [1.165, 1.54) is 32.9 Å². The molecule has 122 valence electrons. The molecule has 0 aliphatic rings. The Morgan fingerprint density at radius 1 is 0.880 bits per heavy atom. The number of rotatable bonds is 4. The van der Waals surface area contributed by atoms with E-state index >= 15 is 0 Å². The van der Waals surface area contributed by atoms with Gasteiger partial charge in [-0.3, -0.25) is 0 Å². The molecule has 1 heterocycles. The lowest BCUT2D eigenvalue weighted by Crippen LogP contribution is -1.98. The van der Waals surface area contributed by atoms with Crippen molar-refractivity contribution in [3.63, 3.8) is 0 Å². The standard InChI is InChI=1S/C24H21N/c1-3-15-25-23-12-8-7-11-21(23)22-17-19(13-14-24(22)25)16-18(2)20-9-5-4-6-10-20/h1,4-14,17-18H,15-16H2,2H3. The second kappa shape index (κ2) is 6.49. The predicted molar refractivity (Wildman–Crippen MR) is 107 cm³/mol. The highest BCUT2D eigenvalue weighted by molar-refractivity contribution is 6.08. The van der Waals surface area contributed by atoms with Gasteiger partial charge in [0.15, 0.2) is 0 Å². The van der Waals surface area contributed by atoms with Gasteiger partial charge in [0, 0.05) is 21.8 Å². The van der Waals surface area contributed by atoms with Crippen LogP contribution in [0, 0.1) is 12.3 Å². The van der Waals surface area contributed by atoms with E-state index in [4.69, 9.17) is 6.42 Å². The number of hydrogen-bond acceptors (Lipinski definition) is 0. The lowest BCUT2D eigenvalue weighted by molar-refractivity contribution is 0.760. The Labute approximate surface area is 148 Å². The fraction of sp³-hybridized carbons (Fsp3) is 0.167. The monoisotopic (exact) mass is 323 g/mol. The summed E-state index contributed by atoms with van der Waals surface area (Å²) in [5.74, 6) is 3.28. The molecule has 1 nitrogen and oxygen atoms in total. The van der Waals surface area contributed by atoms with Crippen molar-refractivity contribution in [2.24, 2.45) is 0 Å². The molecule has 1 atom stereocenters. The molecule has 4 rings (SSSR count). The SMILES string of the molecule is C#CCn1c2ccccc2c2cc(CC(C)c3ccccc3)ccc21. The van der Waals surface area contributed by atoms with Gasteiger partial charge in [-0.25, -0.2) is 0 Å². The van der Waals surface area contributed by atoms with Gasteiger partial charge in [-0.2, -0.15) is 0 Å². The minimum Gasteiger partial charge on any atom is -0.329 e. The van der Waals surface area contributed by atoms with Crippen LogP contribution in [-0.2, 0) is 13.0 Å². The van der Waals surface area contributed by atoms with Crippen LogP contribution >= 0.6 is 0 Å². The molecule has 0 saturated carbocycles. The summed E-state index contributed by atoms with van der Waals surface area (Å²) in [6, 6.07) is 26.0. The average Bonchev–Trinajstić information content (AvgIpc) is 2.96. The third kappa shape index (κ3) is 2.81. The van der Waals surface area contributed by atoms with Crippen LogP contribution in [0.2, 0.25) is 0 Å². The maximum absolute atomic E-state index is 5.59. The molecule has 1 unspecified atom stereocenters. The summed E-state index contributed by atoms with van der Waals surface area (Å²) in [7, 11) is 0. The Kier molecular flexibility index (Phi) is 4.04. The van der Waals surface area contributed by atoms with Gasteiger partial charge in [0.25, 0.3) is 0 Å². The number of para-hydroxylation sites is 1. The van der Waals surface area contributed by atoms with Gasteiger partial charge in [-0.15, -0.1) is 6.42 Å². The molecule has 3 aromatic carbocycles. The van der Waals surface area contributed by atoms with Crippen molar-refractivity contribution < 1.29 is 0 Å². The maximum Gasteiger partial charge on any atom is 0.0841 e. The van der Waals surface area contributed by atoms with Crippen molar-refractivity contribution >= 4 is 21.8 Å². The number of nitrogens with zero attached hydrogens (tertiary/aromatic N) is 1. The summed E-state index contributed by atoms with van der Waals surface area (Å²) in [6.45, 7) is 2.89. The van der Waals surface area contributed by atoms with Gasteiger partial charge in [-0.05, 0) is 41.7 Å². The number of hydrogen-bond donors (Lipinski definition) is 0. The molecule has 4 aromatic rings. The van der Waals surface area contributed by atoms with E-state index < -0.39 is 0 Å². The molecule has 0 amide bonds. The predicted octanol–water partition coefficient (Wildman–Crippen LogP) is 5.77. The average molecular weight is 323 g/mol. The third-order valence-electron chi connectivity index (χ3n) is 5.00. The molecule has 0 N–H and O–H groups in total. The molecule has 0 fully saturated rings. The number of benzene rings is 3. The topological polar surface area (TPSA) is 4.93 Å². The number of aromatic nitrogens is 1. The summed E-state index contributed by atoms with van der Waals surface area (Å²) in [5, 5.41) is 2.57. The molecule has 0 bridgehead atoms.